The van der Waals surface area contributed by atoms with Crippen LogP contribution in [-0.4, -0.2) is 24.6 Å². The lowest BCUT2D eigenvalue weighted by Gasteiger charge is -2.19. The molecular weight excluding hydrogens is 198 g/mol. The van der Waals surface area contributed by atoms with Gasteiger partial charge < -0.3 is 10.2 Å². The zero-order valence-corrected chi connectivity index (χ0v) is 10.1. The van der Waals surface area contributed by atoms with Crippen molar-refractivity contribution in [3.05, 3.63) is 23.9 Å². The van der Waals surface area contributed by atoms with Crippen LogP contribution in [0.4, 0.5) is 5.82 Å². The van der Waals surface area contributed by atoms with Gasteiger partial charge in [0.2, 0.25) is 0 Å². The molecule has 88 valence electrons. The molecule has 0 aromatic carbocycles. The number of pyridine rings is 1. The van der Waals surface area contributed by atoms with Crippen LogP contribution in [0.15, 0.2) is 18.3 Å². The fourth-order valence-corrected chi connectivity index (χ4v) is 2.18. The maximum atomic E-state index is 4.53. The Morgan fingerprint density at radius 2 is 2.19 bits per heavy atom. The van der Waals surface area contributed by atoms with E-state index in [4.69, 9.17) is 0 Å². The summed E-state index contributed by atoms with van der Waals surface area (Å²) in [6, 6.07) is 4.21. The maximum absolute atomic E-state index is 4.53. The lowest BCUT2D eigenvalue weighted by Crippen LogP contribution is -2.23. The highest BCUT2D eigenvalue weighted by atomic mass is 15.2. The molecule has 1 aliphatic rings. The van der Waals surface area contributed by atoms with Gasteiger partial charge in [0.05, 0.1) is 0 Å². The fraction of sp³-hybridized carbons (Fsp3) is 0.615. The zero-order valence-electron chi connectivity index (χ0n) is 10.1. The van der Waals surface area contributed by atoms with Gasteiger partial charge in [-0.15, -0.1) is 0 Å². The smallest absolute Gasteiger partial charge is 0.133 e. The monoisotopic (exact) mass is 219 g/mol. The van der Waals surface area contributed by atoms with Crippen LogP contribution in [0.5, 0.6) is 0 Å². The molecule has 0 radical (unpaired) electrons. The van der Waals surface area contributed by atoms with Crippen molar-refractivity contribution in [1.29, 1.82) is 0 Å². The van der Waals surface area contributed by atoms with Gasteiger partial charge in [0, 0.05) is 31.4 Å². The van der Waals surface area contributed by atoms with E-state index in [0.29, 0.717) is 0 Å². The maximum Gasteiger partial charge on any atom is 0.133 e. The van der Waals surface area contributed by atoms with E-state index in [1.807, 2.05) is 12.3 Å². The summed E-state index contributed by atoms with van der Waals surface area (Å²) in [5.74, 6) is 1.18. The molecule has 0 amide bonds. The molecule has 3 heteroatoms. The number of nitrogens with zero attached hydrogens (tertiary/aromatic N) is 2. The standard InChI is InChI=1S/C13H21N3/c1-2-7-14-11-12-6-5-8-15-13(12)16-9-3-4-10-16/h5-6,8,14H,2-4,7,9-11H2,1H3. The van der Waals surface area contributed by atoms with Gasteiger partial charge in [0.15, 0.2) is 0 Å². The van der Waals surface area contributed by atoms with E-state index >= 15 is 0 Å². The van der Waals surface area contributed by atoms with Crippen molar-refractivity contribution in [1.82, 2.24) is 10.3 Å². The molecule has 1 saturated heterocycles. The van der Waals surface area contributed by atoms with Crippen molar-refractivity contribution in [3.63, 3.8) is 0 Å². The zero-order chi connectivity index (χ0) is 11.2. The Morgan fingerprint density at radius 3 is 2.94 bits per heavy atom. The van der Waals surface area contributed by atoms with Crippen molar-refractivity contribution < 1.29 is 0 Å². The van der Waals surface area contributed by atoms with Crippen molar-refractivity contribution in [3.8, 4) is 0 Å². The van der Waals surface area contributed by atoms with Gasteiger partial charge >= 0.3 is 0 Å². The SMILES string of the molecule is CCCNCc1cccnc1N1CCCC1. The Balaban J connectivity index is 2.04. The van der Waals surface area contributed by atoms with Gasteiger partial charge in [-0.2, -0.15) is 0 Å². The number of anilines is 1. The third-order valence-electron chi connectivity index (χ3n) is 3.02. The highest BCUT2D eigenvalue weighted by Crippen LogP contribution is 2.21. The van der Waals surface area contributed by atoms with Crippen LogP contribution < -0.4 is 10.2 Å². The summed E-state index contributed by atoms with van der Waals surface area (Å²) in [5.41, 5.74) is 1.33. The van der Waals surface area contributed by atoms with Gasteiger partial charge in [-0.25, -0.2) is 4.98 Å². The third-order valence-corrected chi connectivity index (χ3v) is 3.02. The number of aromatic nitrogens is 1. The summed E-state index contributed by atoms with van der Waals surface area (Å²) in [5, 5.41) is 3.45. The van der Waals surface area contributed by atoms with Gasteiger partial charge in [-0.3, -0.25) is 0 Å². The molecule has 1 aliphatic heterocycles. The minimum Gasteiger partial charge on any atom is -0.356 e. The second kappa shape index (κ2) is 5.85. The molecule has 16 heavy (non-hydrogen) atoms. The molecule has 1 aromatic heterocycles. The summed E-state index contributed by atoms with van der Waals surface area (Å²) >= 11 is 0. The van der Waals surface area contributed by atoms with E-state index in [2.05, 4.69) is 28.2 Å². The number of hydrogen-bond donors (Lipinski definition) is 1. The number of hydrogen-bond acceptors (Lipinski definition) is 3. The molecule has 0 atom stereocenters. The van der Waals surface area contributed by atoms with E-state index in [1.54, 1.807) is 0 Å². The predicted octanol–water partition coefficient (Wildman–Crippen LogP) is 2.18. The molecule has 0 spiro atoms. The van der Waals surface area contributed by atoms with Gasteiger partial charge in [-0.1, -0.05) is 13.0 Å². The van der Waals surface area contributed by atoms with Crippen molar-refractivity contribution in [2.45, 2.75) is 32.7 Å². The van der Waals surface area contributed by atoms with E-state index in [0.717, 1.165) is 26.2 Å². The average Bonchev–Trinajstić information content (AvgIpc) is 2.83. The van der Waals surface area contributed by atoms with Gasteiger partial charge in [0.25, 0.3) is 0 Å². The van der Waals surface area contributed by atoms with Crippen LogP contribution in [0, 0.1) is 0 Å². The molecule has 1 aromatic rings. The molecule has 0 unspecified atom stereocenters. The summed E-state index contributed by atoms with van der Waals surface area (Å²) in [4.78, 5) is 6.93. The van der Waals surface area contributed by atoms with E-state index in [-0.39, 0.29) is 0 Å². The largest absolute Gasteiger partial charge is 0.356 e. The van der Waals surface area contributed by atoms with Crippen LogP contribution in [0.1, 0.15) is 31.7 Å². The summed E-state index contributed by atoms with van der Waals surface area (Å²) in [7, 11) is 0. The molecule has 1 N–H and O–H groups in total. The Bertz CT molecular complexity index is 319. The normalized spacial score (nSPS) is 15.7. The Labute approximate surface area is 97.9 Å². The second-order valence-electron chi connectivity index (χ2n) is 4.36. The molecule has 2 rings (SSSR count). The molecule has 0 bridgehead atoms. The average molecular weight is 219 g/mol. The van der Waals surface area contributed by atoms with Crippen LogP contribution in [0.3, 0.4) is 0 Å². The van der Waals surface area contributed by atoms with Crippen molar-refractivity contribution >= 4 is 5.82 Å². The van der Waals surface area contributed by atoms with Crippen molar-refractivity contribution in [2.75, 3.05) is 24.5 Å². The molecule has 1 fully saturated rings. The highest BCUT2D eigenvalue weighted by Gasteiger charge is 2.16. The molecule has 2 heterocycles. The van der Waals surface area contributed by atoms with Crippen LogP contribution in [0.25, 0.3) is 0 Å². The van der Waals surface area contributed by atoms with E-state index < -0.39 is 0 Å². The predicted molar refractivity (Wildman–Crippen MR) is 67.7 cm³/mol. The quantitative estimate of drug-likeness (QED) is 0.769. The minimum atomic E-state index is 0.938. The number of rotatable bonds is 5. The van der Waals surface area contributed by atoms with E-state index in [1.165, 1.54) is 30.6 Å². The van der Waals surface area contributed by atoms with Crippen LogP contribution in [0.2, 0.25) is 0 Å². The summed E-state index contributed by atoms with van der Waals surface area (Å²) in [6.45, 7) is 6.54. The molecule has 3 nitrogen and oxygen atoms in total. The second-order valence-corrected chi connectivity index (χ2v) is 4.36. The molecular formula is C13H21N3. The van der Waals surface area contributed by atoms with Gasteiger partial charge in [0.1, 0.15) is 5.82 Å². The minimum absolute atomic E-state index is 0.938. The first-order valence-corrected chi connectivity index (χ1v) is 6.31. The van der Waals surface area contributed by atoms with E-state index in [9.17, 15) is 0 Å². The fourth-order valence-electron chi connectivity index (χ4n) is 2.18. The Morgan fingerprint density at radius 1 is 1.38 bits per heavy atom. The van der Waals surface area contributed by atoms with Crippen LogP contribution >= 0.6 is 0 Å². The third kappa shape index (κ3) is 2.73. The first kappa shape index (κ1) is 11.4. The van der Waals surface area contributed by atoms with Gasteiger partial charge in [-0.05, 0) is 31.9 Å². The Hall–Kier alpha value is -1.09. The lowest BCUT2D eigenvalue weighted by molar-refractivity contribution is 0.672. The number of nitrogens with one attached hydrogen (secondary N) is 1. The van der Waals surface area contributed by atoms with Crippen molar-refractivity contribution in [2.24, 2.45) is 0 Å². The summed E-state index contributed by atoms with van der Waals surface area (Å²) in [6.07, 6.45) is 5.69. The Kier molecular flexibility index (Phi) is 4.17. The first-order valence-electron chi connectivity index (χ1n) is 6.31. The topological polar surface area (TPSA) is 28.2 Å². The first-order chi connectivity index (χ1) is 7.92. The summed E-state index contributed by atoms with van der Waals surface area (Å²) < 4.78 is 0. The molecule has 0 saturated carbocycles. The van der Waals surface area contributed by atoms with Crippen LogP contribution in [-0.2, 0) is 6.54 Å². The molecule has 0 aliphatic carbocycles. The highest BCUT2D eigenvalue weighted by molar-refractivity contribution is 5.47. The lowest BCUT2D eigenvalue weighted by atomic mass is 10.2.